The van der Waals surface area contributed by atoms with Crippen molar-refractivity contribution < 1.29 is 4.74 Å². The Balaban J connectivity index is 0.00000264. The second kappa shape index (κ2) is 11.3. The Hall–Kier alpha value is -1.24. The van der Waals surface area contributed by atoms with Gasteiger partial charge in [0.05, 0.1) is 12.6 Å². The second-order valence-corrected chi connectivity index (χ2v) is 5.50. The molecule has 1 aromatic rings. The van der Waals surface area contributed by atoms with Crippen molar-refractivity contribution in [3.05, 3.63) is 42.5 Å². The summed E-state index contributed by atoms with van der Waals surface area (Å²) in [7, 11) is 0. The van der Waals surface area contributed by atoms with Gasteiger partial charge in [0, 0.05) is 18.7 Å². The Morgan fingerprint density at radius 1 is 1.30 bits per heavy atom. The molecule has 128 valence electrons. The van der Waals surface area contributed by atoms with Gasteiger partial charge < -0.3 is 15.4 Å². The zero-order valence-corrected chi connectivity index (χ0v) is 16.2. The first-order valence-corrected chi connectivity index (χ1v) is 8.21. The van der Waals surface area contributed by atoms with Crippen LogP contribution in [-0.4, -0.2) is 25.2 Å². The van der Waals surface area contributed by atoms with E-state index in [1.165, 1.54) is 25.7 Å². The van der Waals surface area contributed by atoms with Crippen LogP contribution in [0.1, 0.15) is 38.2 Å². The molecule has 1 saturated carbocycles. The lowest BCUT2D eigenvalue weighted by Crippen LogP contribution is -2.37. The molecule has 0 aliphatic heterocycles. The van der Waals surface area contributed by atoms with Crippen molar-refractivity contribution in [3.8, 4) is 5.75 Å². The van der Waals surface area contributed by atoms with Crippen molar-refractivity contribution >= 4 is 29.9 Å². The Morgan fingerprint density at radius 2 is 2.04 bits per heavy atom. The molecule has 4 nitrogen and oxygen atoms in total. The summed E-state index contributed by atoms with van der Waals surface area (Å²) in [5.74, 6) is 1.77. The largest absolute Gasteiger partial charge is 0.490 e. The van der Waals surface area contributed by atoms with Crippen LogP contribution in [0.4, 0.5) is 0 Å². The van der Waals surface area contributed by atoms with E-state index in [0.717, 1.165) is 23.8 Å². The molecule has 0 heterocycles. The van der Waals surface area contributed by atoms with Gasteiger partial charge in [-0.2, -0.15) is 0 Å². The number of guanidine groups is 1. The molecule has 0 radical (unpaired) electrons. The molecule has 1 aromatic carbocycles. The van der Waals surface area contributed by atoms with Gasteiger partial charge in [0.1, 0.15) is 5.75 Å². The second-order valence-electron chi connectivity index (χ2n) is 5.50. The number of hydrogen-bond acceptors (Lipinski definition) is 2. The third-order valence-corrected chi connectivity index (χ3v) is 3.73. The minimum Gasteiger partial charge on any atom is -0.490 e. The van der Waals surface area contributed by atoms with Crippen LogP contribution >= 0.6 is 24.0 Å². The van der Waals surface area contributed by atoms with Crippen LogP contribution in [0.5, 0.6) is 5.75 Å². The normalized spacial score (nSPS) is 14.9. The third-order valence-electron chi connectivity index (χ3n) is 3.73. The maximum Gasteiger partial charge on any atom is 0.191 e. The van der Waals surface area contributed by atoms with Crippen molar-refractivity contribution in [3.63, 3.8) is 0 Å². The number of aliphatic imine (C=N–C) groups is 1. The van der Waals surface area contributed by atoms with Crippen molar-refractivity contribution in [1.29, 1.82) is 0 Å². The molecule has 0 saturated heterocycles. The Bertz CT molecular complexity index is 499. The summed E-state index contributed by atoms with van der Waals surface area (Å²) < 4.78 is 6.15. The number of rotatable bonds is 7. The summed E-state index contributed by atoms with van der Waals surface area (Å²) >= 11 is 0. The quantitative estimate of drug-likeness (QED) is 0.300. The average molecular weight is 429 g/mol. The highest BCUT2D eigenvalue weighted by molar-refractivity contribution is 14.0. The van der Waals surface area contributed by atoms with Crippen LogP contribution in [0.15, 0.2) is 41.9 Å². The van der Waals surface area contributed by atoms with Crippen LogP contribution in [-0.2, 0) is 6.54 Å². The van der Waals surface area contributed by atoms with E-state index < -0.39 is 0 Å². The molecule has 1 aliphatic carbocycles. The minimum atomic E-state index is 0. The van der Waals surface area contributed by atoms with Crippen molar-refractivity contribution in [2.45, 2.75) is 45.3 Å². The number of halogens is 1. The number of benzene rings is 1. The first-order valence-electron chi connectivity index (χ1n) is 8.21. The standard InChI is InChI=1S/C18H27N3O.HI/c1-3-13-20-18(19-4-2)21-14-15-9-5-8-12-17(15)22-16-10-6-7-11-16;/h3,5,8-9,12,16H,1,4,6-7,10-11,13-14H2,2H3,(H2,19,20,21);1H. The van der Waals surface area contributed by atoms with Crippen molar-refractivity contribution in [2.75, 3.05) is 13.1 Å². The van der Waals surface area contributed by atoms with E-state index in [4.69, 9.17) is 4.74 Å². The lowest BCUT2D eigenvalue weighted by molar-refractivity contribution is 0.208. The SMILES string of the molecule is C=CCNC(=NCc1ccccc1OC1CCCC1)NCC.I. The highest BCUT2D eigenvalue weighted by Crippen LogP contribution is 2.26. The van der Waals surface area contributed by atoms with Crippen molar-refractivity contribution in [1.82, 2.24) is 10.6 Å². The summed E-state index contributed by atoms with van der Waals surface area (Å²) in [5.41, 5.74) is 1.13. The Kier molecular flexibility index (Phi) is 9.75. The molecular formula is C18H28IN3O. The third kappa shape index (κ3) is 6.81. The first kappa shape index (κ1) is 19.8. The number of nitrogens with zero attached hydrogens (tertiary/aromatic N) is 1. The molecule has 0 amide bonds. The Labute approximate surface area is 156 Å². The van der Waals surface area contributed by atoms with Gasteiger partial charge in [-0.15, -0.1) is 30.6 Å². The number of para-hydroxylation sites is 1. The smallest absolute Gasteiger partial charge is 0.191 e. The summed E-state index contributed by atoms with van der Waals surface area (Å²) in [4.78, 5) is 4.62. The van der Waals surface area contributed by atoms with Gasteiger partial charge in [0.25, 0.3) is 0 Å². The molecule has 2 rings (SSSR count). The van der Waals surface area contributed by atoms with Crippen LogP contribution in [0, 0.1) is 0 Å². The molecule has 0 atom stereocenters. The minimum absolute atomic E-state index is 0. The zero-order chi connectivity index (χ0) is 15.6. The average Bonchev–Trinajstić information content (AvgIpc) is 3.04. The summed E-state index contributed by atoms with van der Waals surface area (Å²) in [5, 5.41) is 6.44. The molecule has 0 unspecified atom stereocenters. The highest BCUT2D eigenvalue weighted by Gasteiger charge is 2.17. The van der Waals surface area contributed by atoms with E-state index in [1.54, 1.807) is 0 Å². The van der Waals surface area contributed by atoms with Gasteiger partial charge >= 0.3 is 0 Å². The number of nitrogens with one attached hydrogen (secondary N) is 2. The van der Waals surface area contributed by atoms with Gasteiger partial charge in [-0.05, 0) is 38.7 Å². The van der Waals surface area contributed by atoms with Gasteiger partial charge in [0.2, 0.25) is 0 Å². The summed E-state index contributed by atoms with van der Waals surface area (Å²) in [6.45, 7) is 7.92. The maximum atomic E-state index is 6.15. The van der Waals surface area contributed by atoms with Crippen LogP contribution in [0.2, 0.25) is 0 Å². The molecule has 23 heavy (non-hydrogen) atoms. The predicted molar refractivity (Wildman–Crippen MR) is 108 cm³/mol. The van der Waals surface area contributed by atoms with Crippen LogP contribution < -0.4 is 15.4 Å². The molecule has 1 fully saturated rings. The van der Waals surface area contributed by atoms with E-state index >= 15 is 0 Å². The maximum absolute atomic E-state index is 6.15. The van der Waals surface area contributed by atoms with Gasteiger partial charge in [-0.1, -0.05) is 24.3 Å². The van der Waals surface area contributed by atoms with Crippen LogP contribution in [0.25, 0.3) is 0 Å². The van der Waals surface area contributed by atoms with E-state index in [1.807, 2.05) is 24.3 Å². The fourth-order valence-electron chi connectivity index (χ4n) is 2.61. The summed E-state index contributed by atoms with van der Waals surface area (Å²) in [6, 6.07) is 8.20. The van der Waals surface area contributed by atoms with E-state index in [9.17, 15) is 0 Å². The Morgan fingerprint density at radius 3 is 2.74 bits per heavy atom. The van der Waals surface area contributed by atoms with Crippen molar-refractivity contribution in [2.24, 2.45) is 4.99 Å². The van der Waals surface area contributed by atoms with E-state index in [0.29, 0.717) is 19.2 Å². The number of hydrogen-bond donors (Lipinski definition) is 2. The molecule has 0 spiro atoms. The lowest BCUT2D eigenvalue weighted by atomic mass is 10.2. The molecule has 2 N–H and O–H groups in total. The fraction of sp³-hybridized carbons (Fsp3) is 0.500. The van der Waals surface area contributed by atoms with E-state index in [2.05, 4.69) is 35.2 Å². The molecule has 1 aliphatic rings. The zero-order valence-electron chi connectivity index (χ0n) is 13.9. The van der Waals surface area contributed by atoms with E-state index in [-0.39, 0.29) is 24.0 Å². The first-order chi connectivity index (χ1) is 10.8. The summed E-state index contributed by atoms with van der Waals surface area (Å²) in [6.07, 6.45) is 7.09. The molecule has 0 aromatic heterocycles. The molecule has 5 heteroatoms. The molecule has 0 bridgehead atoms. The van der Waals surface area contributed by atoms with Gasteiger partial charge in [-0.3, -0.25) is 0 Å². The van der Waals surface area contributed by atoms with Gasteiger partial charge in [0.15, 0.2) is 5.96 Å². The fourth-order valence-corrected chi connectivity index (χ4v) is 2.61. The lowest BCUT2D eigenvalue weighted by Gasteiger charge is -2.16. The van der Waals surface area contributed by atoms with Gasteiger partial charge in [-0.25, -0.2) is 4.99 Å². The number of ether oxygens (including phenoxy) is 1. The monoisotopic (exact) mass is 429 g/mol. The topological polar surface area (TPSA) is 45.7 Å². The van der Waals surface area contributed by atoms with Crippen LogP contribution in [0.3, 0.4) is 0 Å². The predicted octanol–water partition coefficient (Wildman–Crippen LogP) is 3.87. The highest BCUT2D eigenvalue weighted by atomic mass is 127. The molecular weight excluding hydrogens is 401 g/mol.